The van der Waals surface area contributed by atoms with Gasteiger partial charge >= 0.3 is 0 Å². The summed E-state index contributed by atoms with van der Waals surface area (Å²) in [5.74, 6) is 0.980. The number of nitrogens with zero attached hydrogens (tertiary/aromatic N) is 4. The van der Waals surface area contributed by atoms with Gasteiger partial charge in [-0.1, -0.05) is 13.8 Å². The van der Waals surface area contributed by atoms with E-state index in [2.05, 4.69) is 39.5 Å². The Morgan fingerprint density at radius 3 is 2.80 bits per heavy atom. The molecule has 1 saturated carbocycles. The van der Waals surface area contributed by atoms with E-state index in [0.717, 1.165) is 25.6 Å². The largest absolute Gasteiger partial charge is 0.304 e. The van der Waals surface area contributed by atoms with Crippen LogP contribution in [-0.4, -0.2) is 52.3 Å². The second-order valence-corrected chi connectivity index (χ2v) is 6.37. The van der Waals surface area contributed by atoms with Crippen molar-refractivity contribution >= 4 is 0 Å². The molecule has 0 radical (unpaired) electrons. The van der Waals surface area contributed by atoms with Crippen molar-refractivity contribution in [2.75, 3.05) is 32.7 Å². The van der Waals surface area contributed by atoms with Crippen LogP contribution in [0.4, 0.5) is 0 Å². The normalized spacial score (nSPS) is 23.2. The molecule has 1 aliphatic carbocycles. The first-order chi connectivity index (χ1) is 9.80. The lowest BCUT2D eigenvalue weighted by atomic mass is 10.1. The fourth-order valence-corrected chi connectivity index (χ4v) is 3.35. The fraction of sp³-hybridized carbons (Fsp3) is 0.812. The summed E-state index contributed by atoms with van der Waals surface area (Å²) in [6.07, 6.45) is 6.08. The Kier molecular flexibility index (Phi) is 4.41. The third kappa shape index (κ3) is 3.23. The molecule has 4 nitrogen and oxygen atoms in total. The van der Waals surface area contributed by atoms with E-state index >= 15 is 0 Å². The molecular formula is C16H28N4. The lowest BCUT2D eigenvalue weighted by Crippen LogP contribution is -2.40. The van der Waals surface area contributed by atoms with Gasteiger partial charge in [-0.3, -0.25) is 9.58 Å². The standard InChI is InChI=1S/C16H28N4/c1-3-18(4-2)10-8-16-13-19(11-14-5-6-14)12-15-7-9-17-20(15)16/h7,9,14,16H,3-6,8,10-13H2,1-2H3/t16-/m0/s1. The molecule has 1 aromatic rings. The number of fused-ring (bicyclic) bond motifs is 1. The molecule has 1 fully saturated rings. The first kappa shape index (κ1) is 14.1. The fourth-order valence-electron chi connectivity index (χ4n) is 3.35. The summed E-state index contributed by atoms with van der Waals surface area (Å²) in [5, 5.41) is 4.57. The van der Waals surface area contributed by atoms with Gasteiger partial charge in [0.25, 0.3) is 0 Å². The van der Waals surface area contributed by atoms with E-state index in [0.29, 0.717) is 6.04 Å². The highest BCUT2D eigenvalue weighted by Gasteiger charge is 2.30. The van der Waals surface area contributed by atoms with E-state index in [1.54, 1.807) is 0 Å². The molecule has 0 bridgehead atoms. The minimum absolute atomic E-state index is 0.563. The lowest BCUT2D eigenvalue weighted by Gasteiger charge is -2.35. The average Bonchev–Trinajstić information content (AvgIpc) is 3.14. The maximum Gasteiger partial charge on any atom is 0.0662 e. The summed E-state index contributed by atoms with van der Waals surface area (Å²) in [4.78, 5) is 5.17. The lowest BCUT2D eigenvalue weighted by molar-refractivity contribution is 0.151. The van der Waals surface area contributed by atoms with Crippen LogP contribution in [0.5, 0.6) is 0 Å². The summed E-state index contributed by atoms with van der Waals surface area (Å²) in [5.41, 5.74) is 1.40. The highest BCUT2D eigenvalue weighted by atomic mass is 15.4. The van der Waals surface area contributed by atoms with Gasteiger partial charge in [0.15, 0.2) is 0 Å². The van der Waals surface area contributed by atoms with Crippen LogP contribution in [0.2, 0.25) is 0 Å². The molecule has 0 amide bonds. The minimum atomic E-state index is 0.563. The maximum absolute atomic E-state index is 4.57. The van der Waals surface area contributed by atoms with Crippen molar-refractivity contribution < 1.29 is 0 Å². The molecule has 1 aromatic heterocycles. The Labute approximate surface area is 122 Å². The SMILES string of the molecule is CCN(CC)CC[C@H]1CN(CC2CC2)Cc2ccnn21. The summed E-state index contributed by atoms with van der Waals surface area (Å²) >= 11 is 0. The van der Waals surface area contributed by atoms with Gasteiger partial charge in [-0.25, -0.2) is 0 Å². The third-order valence-corrected chi connectivity index (χ3v) is 4.84. The zero-order valence-corrected chi connectivity index (χ0v) is 13.0. The van der Waals surface area contributed by atoms with E-state index in [-0.39, 0.29) is 0 Å². The van der Waals surface area contributed by atoms with E-state index < -0.39 is 0 Å². The van der Waals surface area contributed by atoms with Crippen molar-refractivity contribution in [1.29, 1.82) is 0 Å². The second-order valence-electron chi connectivity index (χ2n) is 6.37. The van der Waals surface area contributed by atoms with Crippen molar-refractivity contribution in [1.82, 2.24) is 19.6 Å². The molecule has 2 aliphatic rings. The van der Waals surface area contributed by atoms with Gasteiger partial charge in [0.2, 0.25) is 0 Å². The quantitative estimate of drug-likeness (QED) is 0.764. The molecule has 3 rings (SSSR count). The first-order valence-electron chi connectivity index (χ1n) is 8.27. The second kappa shape index (κ2) is 6.27. The van der Waals surface area contributed by atoms with Crippen molar-refractivity contribution in [2.45, 2.75) is 45.7 Å². The van der Waals surface area contributed by atoms with Gasteiger partial charge < -0.3 is 4.90 Å². The van der Waals surface area contributed by atoms with Gasteiger partial charge in [-0.05, 0) is 44.3 Å². The predicted octanol–water partition coefficient (Wildman–Crippen LogP) is 2.38. The van der Waals surface area contributed by atoms with E-state index in [4.69, 9.17) is 0 Å². The van der Waals surface area contributed by atoms with Gasteiger partial charge in [-0.15, -0.1) is 0 Å². The Balaban J connectivity index is 1.62. The highest BCUT2D eigenvalue weighted by molar-refractivity contribution is 5.05. The van der Waals surface area contributed by atoms with E-state index in [1.807, 2.05) is 6.20 Å². The van der Waals surface area contributed by atoms with Gasteiger partial charge in [-0.2, -0.15) is 5.10 Å². The molecule has 112 valence electrons. The van der Waals surface area contributed by atoms with Crippen molar-refractivity contribution in [3.63, 3.8) is 0 Å². The molecule has 0 aromatic carbocycles. The molecule has 4 heteroatoms. The monoisotopic (exact) mass is 276 g/mol. The topological polar surface area (TPSA) is 24.3 Å². The Morgan fingerprint density at radius 2 is 2.10 bits per heavy atom. The zero-order chi connectivity index (χ0) is 13.9. The summed E-state index contributed by atoms with van der Waals surface area (Å²) < 4.78 is 2.28. The number of rotatable bonds is 7. The van der Waals surface area contributed by atoms with Crippen molar-refractivity contribution in [3.8, 4) is 0 Å². The van der Waals surface area contributed by atoms with Crippen LogP contribution in [0, 0.1) is 5.92 Å². The number of aromatic nitrogens is 2. The van der Waals surface area contributed by atoms with Gasteiger partial charge in [0.1, 0.15) is 0 Å². The van der Waals surface area contributed by atoms with Crippen LogP contribution in [0.25, 0.3) is 0 Å². The van der Waals surface area contributed by atoms with E-state index in [9.17, 15) is 0 Å². The van der Waals surface area contributed by atoms with Gasteiger partial charge in [0.05, 0.1) is 11.7 Å². The minimum Gasteiger partial charge on any atom is -0.304 e. The summed E-state index contributed by atoms with van der Waals surface area (Å²) in [7, 11) is 0. The smallest absolute Gasteiger partial charge is 0.0662 e. The van der Waals surface area contributed by atoms with Crippen molar-refractivity contribution in [2.24, 2.45) is 5.92 Å². The number of hydrogen-bond acceptors (Lipinski definition) is 3. The van der Waals surface area contributed by atoms with Gasteiger partial charge in [0, 0.05) is 32.4 Å². The number of hydrogen-bond donors (Lipinski definition) is 0. The zero-order valence-electron chi connectivity index (χ0n) is 13.0. The predicted molar refractivity (Wildman–Crippen MR) is 81.7 cm³/mol. The molecule has 20 heavy (non-hydrogen) atoms. The van der Waals surface area contributed by atoms with Crippen LogP contribution in [0.3, 0.4) is 0 Å². The van der Waals surface area contributed by atoms with Crippen LogP contribution < -0.4 is 0 Å². The first-order valence-corrected chi connectivity index (χ1v) is 8.27. The molecule has 2 heterocycles. The molecule has 0 spiro atoms. The molecule has 1 aliphatic heterocycles. The molecular weight excluding hydrogens is 248 g/mol. The van der Waals surface area contributed by atoms with Crippen LogP contribution >= 0.6 is 0 Å². The highest BCUT2D eigenvalue weighted by Crippen LogP contribution is 2.32. The third-order valence-electron chi connectivity index (χ3n) is 4.84. The summed E-state index contributed by atoms with van der Waals surface area (Å²) in [6.45, 7) is 11.6. The molecule has 1 atom stereocenters. The van der Waals surface area contributed by atoms with E-state index in [1.165, 1.54) is 44.6 Å². The molecule has 0 unspecified atom stereocenters. The Hall–Kier alpha value is -0.870. The van der Waals surface area contributed by atoms with Crippen molar-refractivity contribution in [3.05, 3.63) is 18.0 Å². The Morgan fingerprint density at radius 1 is 1.30 bits per heavy atom. The van der Waals surface area contributed by atoms with Crippen LogP contribution in [0.1, 0.15) is 44.8 Å². The maximum atomic E-state index is 4.57. The molecule has 0 N–H and O–H groups in total. The Bertz CT molecular complexity index is 420. The van der Waals surface area contributed by atoms with Crippen LogP contribution in [-0.2, 0) is 6.54 Å². The summed E-state index contributed by atoms with van der Waals surface area (Å²) in [6, 6.07) is 2.76. The molecule has 0 saturated heterocycles. The van der Waals surface area contributed by atoms with Crippen LogP contribution in [0.15, 0.2) is 12.3 Å². The average molecular weight is 276 g/mol.